The SMILES string of the molecule is O=C(c1cccc(N2CCCS2(=O)=O)c1)N1CCN(C2CCCCC2)CC1. The van der Waals surface area contributed by atoms with Gasteiger partial charge in [-0.1, -0.05) is 25.3 Å². The molecule has 0 unspecified atom stereocenters. The van der Waals surface area contributed by atoms with Crippen molar-refractivity contribution in [2.75, 3.05) is 42.8 Å². The van der Waals surface area contributed by atoms with Gasteiger partial charge in [0.15, 0.2) is 0 Å². The van der Waals surface area contributed by atoms with Crippen LogP contribution in [-0.4, -0.2) is 68.6 Å². The molecule has 7 heteroatoms. The zero-order valence-electron chi connectivity index (χ0n) is 15.8. The normalized spacial score (nSPS) is 24.3. The van der Waals surface area contributed by atoms with Crippen molar-refractivity contribution < 1.29 is 13.2 Å². The summed E-state index contributed by atoms with van der Waals surface area (Å²) in [6, 6.07) is 7.79. The summed E-state index contributed by atoms with van der Waals surface area (Å²) in [4.78, 5) is 17.4. The summed E-state index contributed by atoms with van der Waals surface area (Å²) in [7, 11) is -3.23. The van der Waals surface area contributed by atoms with Gasteiger partial charge in [-0.25, -0.2) is 8.42 Å². The summed E-state index contributed by atoms with van der Waals surface area (Å²) in [5.74, 6) is 0.200. The summed E-state index contributed by atoms with van der Waals surface area (Å²) < 4.78 is 25.7. The van der Waals surface area contributed by atoms with Gasteiger partial charge in [-0.05, 0) is 37.5 Å². The van der Waals surface area contributed by atoms with E-state index in [0.717, 1.165) is 26.2 Å². The minimum Gasteiger partial charge on any atom is -0.336 e. The molecule has 0 spiro atoms. The van der Waals surface area contributed by atoms with E-state index in [1.54, 1.807) is 24.3 Å². The first-order chi connectivity index (χ1) is 13.0. The highest BCUT2D eigenvalue weighted by Crippen LogP contribution is 2.26. The number of anilines is 1. The first-order valence-electron chi connectivity index (χ1n) is 10.2. The molecule has 3 aliphatic rings. The monoisotopic (exact) mass is 391 g/mol. The third-order valence-corrected chi connectivity index (χ3v) is 8.04. The third-order valence-electron chi connectivity index (χ3n) is 6.17. The van der Waals surface area contributed by atoms with Crippen molar-refractivity contribution >= 4 is 21.6 Å². The van der Waals surface area contributed by atoms with Crippen LogP contribution in [0.1, 0.15) is 48.9 Å². The first kappa shape index (κ1) is 18.7. The van der Waals surface area contributed by atoms with E-state index in [9.17, 15) is 13.2 Å². The highest BCUT2D eigenvalue weighted by Gasteiger charge is 2.30. The molecule has 1 aliphatic carbocycles. The van der Waals surface area contributed by atoms with Crippen LogP contribution in [0.25, 0.3) is 0 Å². The molecule has 1 aromatic carbocycles. The predicted molar refractivity (Wildman–Crippen MR) is 107 cm³/mol. The summed E-state index contributed by atoms with van der Waals surface area (Å²) in [5, 5.41) is 0. The van der Waals surface area contributed by atoms with Gasteiger partial charge in [0.2, 0.25) is 10.0 Å². The van der Waals surface area contributed by atoms with Crippen LogP contribution in [0.15, 0.2) is 24.3 Å². The molecule has 1 aromatic rings. The molecule has 1 amide bonds. The Hall–Kier alpha value is -1.60. The topological polar surface area (TPSA) is 60.9 Å². The Balaban J connectivity index is 1.41. The van der Waals surface area contributed by atoms with Crippen LogP contribution in [-0.2, 0) is 10.0 Å². The minimum atomic E-state index is -3.23. The van der Waals surface area contributed by atoms with Gasteiger partial charge in [0.05, 0.1) is 11.4 Å². The van der Waals surface area contributed by atoms with Crippen LogP contribution < -0.4 is 4.31 Å². The molecule has 0 radical (unpaired) electrons. The van der Waals surface area contributed by atoms with Crippen LogP contribution in [0.4, 0.5) is 5.69 Å². The number of piperazine rings is 1. The summed E-state index contributed by atoms with van der Waals surface area (Å²) in [5.41, 5.74) is 1.19. The number of rotatable bonds is 3. The van der Waals surface area contributed by atoms with Crippen molar-refractivity contribution in [1.29, 1.82) is 0 Å². The predicted octanol–water partition coefficient (Wildman–Crippen LogP) is 2.32. The molecular weight excluding hydrogens is 362 g/mol. The second-order valence-corrected chi connectivity index (χ2v) is 9.92. The quantitative estimate of drug-likeness (QED) is 0.793. The van der Waals surface area contributed by atoms with Gasteiger partial charge in [-0.2, -0.15) is 0 Å². The molecule has 0 atom stereocenters. The Morgan fingerprint density at radius 2 is 1.67 bits per heavy atom. The molecule has 4 rings (SSSR count). The number of amides is 1. The van der Waals surface area contributed by atoms with Crippen LogP contribution >= 0.6 is 0 Å². The molecule has 2 aliphatic heterocycles. The van der Waals surface area contributed by atoms with Crippen LogP contribution in [0.5, 0.6) is 0 Å². The standard InChI is InChI=1S/C20H29N3O3S/c24-20(22-13-11-21(12-14-22)18-7-2-1-3-8-18)17-6-4-9-19(16-17)23-10-5-15-27(23,25)26/h4,6,9,16,18H,1-3,5,7-8,10-15H2. The molecular formula is C20H29N3O3S. The van der Waals surface area contributed by atoms with Crippen molar-refractivity contribution in [3.8, 4) is 0 Å². The number of hydrogen-bond acceptors (Lipinski definition) is 4. The minimum absolute atomic E-state index is 0.0109. The van der Waals surface area contributed by atoms with E-state index in [-0.39, 0.29) is 11.7 Å². The van der Waals surface area contributed by atoms with Crippen molar-refractivity contribution in [2.24, 2.45) is 0 Å². The largest absolute Gasteiger partial charge is 0.336 e. The summed E-state index contributed by atoms with van der Waals surface area (Å²) >= 11 is 0. The smallest absolute Gasteiger partial charge is 0.254 e. The lowest BCUT2D eigenvalue weighted by molar-refractivity contribution is 0.0523. The second-order valence-electron chi connectivity index (χ2n) is 7.91. The summed E-state index contributed by atoms with van der Waals surface area (Å²) in [6.45, 7) is 3.89. The maximum absolute atomic E-state index is 13.0. The number of nitrogens with zero attached hydrogens (tertiary/aromatic N) is 3. The molecule has 6 nitrogen and oxygen atoms in total. The van der Waals surface area contributed by atoms with Crippen molar-refractivity contribution in [3.63, 3.8) is 0 Å². The van der Waals surface area contributed by atoms with Crippen LogP contribution in [0, 0.1) is 0 Å². The Bertz CT molecular complexity index is 781. The molecule has 3 fully saturated rings. The second kappa shape index (κ2) is 7.80. The van der Waals surface area contributed by atoms with E-state index < -0.39 is 10.0 Å². The van der Waals surface area contributed by atoms with Gasteiger partial charge in [-0.15, -0.1) is 0 Å². The van der Waals surface area contributed by atoms with E-state index in [4.69, 9.17) is 0 Å². The lowest BCUT2D eigenvalue weighted by atomic mass is 9.94. The van der Waals surface area contributed by atoms with Gasteiger partial charge in [0.1, 0.15) is 0 Å². The third kappa shape index (κ3) is 3.99. The van der Waals surface area contributed by atoms with Crippen molar-refractivity contribution in [3.05, 3.63) is 29.8 Å². The van der Waals surface area contributed by atoms with Gasteiger partial charge in [0.25, 0.3) is 5.91 Å². The highest BCUT2D eigenvalue weighted by atomic mass is 32.2. The van der Waals surface area contributed by atoms with E-state index >= 15 is 0 Å². The maximum atomic E-state index is 13.0. The fourth-order valence-corrected chi connectivity index (χ4v) is 6.20. The Morgan fingerprint density at radius 3 is 2.33 bits per heavy atom. The number of sulfonamides is 1. The zero-order chi connectivity index (χ0) is 18.9. The molecule has 148 valence electrons. The first-order valence-corrected chi connectivity index (χ1v) is 11.8. The van der Waals surface area contributed by atoms with Crippen LogP contribution in [0.3, 0.4) is 0 Å². The van der Waals surface area contributed by atoms with Gasteiger partial charge in [0, 0.05) is 44.3 Å². The zero-order valence-corrected chi connectivity index (χ0v) is 16.7. The lowest BCUT2D eigenvalue weighted by Gasteiger charge is -2.40. The van der Waals surface area contributed by atoms with E-state index in [1.807, 2.05) is 4.90 Å². The van der Waals surface area contributed by atoms with Crippen molar-refractivity contribution in [1.82, 2.24) is 9.80 Å². The molecule has 0 bridgehead atoms. The fourth-order valence-electron chi connectivity index (χ4n) is 4.64. The molecule has 2 heterocycles. The highest BCUT2D eigenvalue weighted by molar-refractivity contribution is 7.93. The summed E-state index contributed by atoms with van der Waals surface area (Å²) in [6.07, 6.45) is 7.24. The number of carbonyl (C=O) groups excluding carboxylic acids is 1. The average Bonchev–Trinajstić information content (AvgIpc) is 3.07. The Morgan fingerprint density at radius 1 is 0.926 bits per heavy atom. The van der Waals surface area contributed by atoms with Gasteiger partial charge < -0.3 is 4.90 Å². The van der Waals surface area contributed by atoms with E-state index in [0.29, 0.717) is 30.3 Å². The molecule has 2 saturated heterocycles. The molecule has 0 N–H and O–H groups in total. The molecule has 0 aromatic heterocycles. The van der Waals surface area contributed by atoms with Crippen molar-refractivity contribution in [2.45, 2.75) is 44.6 Å². The number of benzene rings is 1. The van der Waals surface area contributed by atoms with Gasteiger partial charge >= 0.3 is 0 Å². The maximum Gasteiger partial charge on any atom is 0.254 e. The van der Waals surface area contributed by atoms with E-state index in [1.165, 1.54) is 36.4 Å². The molecule has 27 heavy (non-hydrogen) atoms. The average molecular weight is 392 g/mol. The molecule has 1 saturated carbocycles. The number of carbonyl (C=O) groups is 1. The van der Waals surface area contributed by atoms with E-state index in [2.05, 4.69) is 4.90 Å². The Kier molecular flexibility index (Phi) is 5.41. The number of hydrogen-bond donors (Lipinski definition) is 0. The van der Waals surface area contributed by atoms with Gasteiger partial charge in [-0.3, -0.25) is 14.0 Å². The fraction of sp³-hybridized carbons (Fsp3) is 0.650. The van der Waals surface area contributed by atoms with Crippen LogP contribution in [0.2, 0.25) is 0 Å². The lowest BCUT2D eigenvalue weighted by Crippen LogP contribution is -2.52. The Labute approximate surface area is 162 Å².